The Morgan fingerprint density at radius 1 is 0.714 bits per heavy atom. The number of aliphatic hydroxyl groups is 2. The van der Waals surface area contributed by atoms with Crippen LogP contribution in [0.25, 0.3) is 0 Å². The van der Waals surface area contributed by atoms with Gasteiger partial charge in [0.25, 0.3) is 17.7 Å². The van der Waals surface area contributed by atoms with Gasteiger partial charge in [0.1, 0.15) is 23.8 Å². The highest BCUT2D eigenvalue weighted by Gasteiger charge is 2.35. The number of nitrogens with two attached hydrogens (primary N) is 1. The highest BCUT2D eigenvalue weighted by molar-refractivity contribution is 6.04. The molecule has 3 rings (SSSR count). The Bertz CT molecular complexity index is 1560. The fraction of sp³-hybridized carbons (Fsp3) is 0.405. The van der Waals surface area contributed by atoms with E-state index in [0.717, 1.165) is 12.1 Å². The second-order valence-electron chi connectivity index (χ2n) is 12.1. The van der Waals surface area contributed by atoms with Crippen LogP contribution < -0.4 is 16.4 Å². The molecule has 3 aromatic carbocycles. The van der Waals surface area contributed by atoms with E-state index in [1.807, 2.05) is 20.8 Å². The summed E-state index contributed by atoms with van der Waals surface area (Å²) < 4.78 is 28.4. The molecule has 4 atom stereocenters. The summed E-state index contributed by atoms with van der Waals surface area (Å²) in [6.45, 7) is 6.65. The molecule has 0 aliphatic rings. The third-order valence-corrected chi connectivity index (χ3v) is 8.09. The first-order chi connectivity index (χ1) is 23.4. The zero-order valence-corrected chi connectivity index (χ0v) is 28.1. The number of hydrogen-bond acceptors (Lipinski definition) is 6. The van der Waals surface area contributed by atoms with Crippen molar-refractivity contribution >= 4 is 23.6 Å². The van der Waals surface area contributed by atoms with E-state index >= 15 is 0 Å². The van der Waals surface area contributed by atoms with E-state index in [9.17, 15) is 38.2 Å². The Kier molecular flexibility index (Phi) is 14.8. The van der Waals surface area contributed by atoms with Gasteiger partial charge in [0, 0.05) is 41.4 Å². The summed E-state index contributed by atoms with van der Waals surface area (Å²) in [7, 11) is 0. The minimum atomic E-state index is -1.75. The first-order valence-electron chi connectivity index (χ1n) is 16.6. The predicted molar refractivity (Wildman–Crippen MR) is 182 cm³/mol. The van der Waals surface area contributed by atoms with Crippen LogP contribution in [0.2, 0.25) is 0 Å². The maximum atomic E-state index is 14.2. The third-order valence-electron chi connectivity index (χ3n) is 8.09. The van der Waals surface area contributed by atoms with E-state index in [0.29, 0.717) is 50.4 Å². The maximum Gasteiger partial charge on any atom is 0.253 e. The van der Waals surface area contributed by atoms with Crippen molar-refractivity contribution in [3.63, 3.8) is 0 Å². The van der Waals surface area contributed by atoms with Crippen molar-refractivity contribution in [2.75, 3.05) is 13.1 Å². The van der Waals surface area contributed by atoms with Gasteiger partial charge in [-0.25, -0.2) is 8.78 Å². The van der Waals surface area contributed by atoms with Gasteiger partial charge in [0.15, 0.2) is 0 Å². The first-order valence-corrected chi connectivity index (χ1v) is 16.6. The molecule has 0 aliphatic carbocycles. The van der Waals surface area contributed by atoms with Gasteiger partial charge in [-0.3, -0.25) is 19.2 Å². The molecule has 0 aromatic heterocycles. The van der Waals surface area contributed by atoms with Gasteiger partial charge in [0.2, 0.25) is 5.91 Å². The molecular formula is C37H46F2N4O6. The lowest BCUT2D eigenvalue weighted by Crippen LogP contribution is -2.56. The maximum absolute atomic E-state index is 14.2. The Morgan fingerprint density at radius 2 is 1.24 bits per heavy atom. The van der Waals surface area contributed by atoms with E-state index in [1.165, 1.54) is 18.2 Å². The van der Waals surface area contributed by atoms with Gasteiger partial charge in [0.05, 0.1) is 12.1 Å². The Morgan fingerprint density at radius 3 is 1.82 bits per heavy atom. The molecule has 0 radical (unpaired) electrons. The number of benzene rings is 3. The second-order valence-corrected chi connectivity index (χ2v) is 12.1. The van der Waals surface area contributed by atoms with Crippen LogP contribution in [-0.2, 0) is 6.42 Å². The van der Waals surface area contributed by atoms with Crippen LogP contribution in [0.5, 0.6) is 0 Å². The van der Waals surface area contributed by atoms with Crippen LogP contribution in [0.4, 0.5) is 8.78 Å². The molecule has 0 unspecified atom stereocenters. The number of rotatable bonds is 18. The summed E-state index contributed by atoms with van der Waals surface area (Å²) in [6, 6.07) is 12.5. The molecule has 0 heterocycles. The lowest BCUT2D eigenvalue weighted by molar-refractivity contribution is -0.0237. The minimum absolute atomic E-state index is 0.0518. The van der Waals surface area contributed by atoms with Gasteiger partial charge in [-0.1, -0.05) is 51.8 Å². The molecule has 264 valence electrons. The summed E-state index contributed by atoms with van der Waals surface area (Å²) in [4.78, 5) is 54.1. The number of halogens is 2. The molecule has 0 saturated heterocycles. The molecule has 4 amide bonds. The van der Waals surface area contributed by atoms with Crippen molar-refractivity contribution in [2.45, 2.75) is 83.6 Å². The largest absolute Gasteiger partial charge is 0.388 e. The van der Waals surface area contributed by atoms with Crippen molar-refractivity contribution in [1.29, 1.82) is 0 Å². The number of primary amides is 1. The molecule has 49 heavy (non-hydrogen) atoms. The SMILES string of the molecule is CCCC[C@@H](NC(=O)c1ccccc1)[C@@H](O)[C@H](O)[C@H](Cc1cc(F)cc(F)c1)NC(=O)c1cc(C(N)=O)cc(C(=O)N(CCC)CCC)c1. The number of amides is 4. The van der Waals surface area contributed by atoms with Gasteiger partial charge in [-0.2, -0.15) is 0 Å². The van der Waals surface area contributed by atoms with Gasteiger partial charge >= 0.3 is 0 Å². The van der Waals surface area contributed by atoms with Crippen LogP contribution >= 0.6 is 0 Å². The predicted octanol–water partition coefficient (Wildman–Crippen LogP) is 4.38. The molecule has 0 saturated carbocycles. The molecule has 3 aromatic rings. The quantitative estimate of drug-likeness (QED) is 0.134. The average Bonchev–Trinajstić information content (AvgIpc) is 3.08. The standard InChI is InChI=1S/C37H46F2N4O6/c1-4-7-13-30(41-35(47)24-11-9-8-10-12-24)32(44)33(45)31(18-23-16-28(38)22-29(39)17-23)42-36(48)26-19-25(34(40)46)20-27(21-26)37(49)43(14-5-2)15-6-3/h8-12,16-17,19-22,30-33,44-45H,4-7,13-15,18H2,1-3H3,(H2,40,46)(H,41,47)(H,42,48)/t30-,31+,32-,33-/m1/s1. The topological polar surface area (TPSA) is 162 Å². The zero-order chi connectivity index (χ0) is 36.1. The Balaban J connectivity index is 2.00. The van der Waals surface area contributed by atoms with Crippen LogP contribution in [0.15, 0.2) is 66.7 Å². The van der Waals surface area contributed by atoms with E-state index < -0.39 is 59.6 Å². The Hall–Kier alpha value is -4.68. The lowest BCUT2D eigenvalue weighted by atomic mass is 9.91. The van der Waals surface area contributed by atoms with E-state index in [4.69, 9.17) is 5.73 Å². The van der Waals surface area contributed by atoms with E-state index in [1.54, 1.807) is 35.2 Å². The van der Waals surface area contributed by atoms with Crippen molar-refractivity contribution in [1.82, 2.24) is 15.5 Å². The molecule has 0 spiro atoms. The zero-order valence-electron chi connectivity index (χ0n) is 28.1. The fourth-order valence-corrected chi connectivity index (χ4v) is 5.62. The summed E-state index contributed by atoms with van der Waals surface area (Å²) in [5.74, 6) is -4.38. The minimum Gasteiger partial charge on any atom is -0.388 e. The number of unbranched alkanes of at least 4 members (excludes halogenated alkanes) is 1. The van der Waals surface area contributed by atoms with E-state index in [2.05, 4.69) is 10.6 Å². The smallest absolute Gasteiger partial charge is 0.253 e. The summed E-state index contributed by atoms with van der Waals surface area (Å²) in [6.07, 6.45) is -0.765. The van der Waals surface area contributed by atoms with Crippen LogP contribution in [0, 0.1) is 11.6 Å². The molecule has 0 aliphatic heterocycles. The molecule has 10 nitrogen and oxygen atoms in total. The highest BCUT2D eigenvalue weighted by Crippen LogP contribution is 2.19. The van der Waals surface area contributed by atoms with Crippen molar-refractivity contribution in [3.05, 3.63) is 106 Å². The molecule has 0 fully saturated rings. The number of nitrogens with zero attached hydrogens (tertiary/aromatic N) is 1. The Labute approximate surface area is 285 Å². The summed E-state index contributed by atoms with van der Waals surface area (Å²) in [5, 5.41) is 28.4. The van der Waals surface area contributed by atoms with Crippen LogP contribution in [0.3, 0.4) is 0 Å². The highest BCUT2D eigenvalue weighted by atomic mass is 19.1. The molecular weight excluding hydrogens is 634 g/mol. The van der Waals surface area contributed by atoms with E-state index in [-0.39, 0.29) is 35.1 Å². The van der Waals surface area contributed by atoms with Crippen LogP contribution in [0.1, 0.15) is 99.9 Å². The molecule has 12 heteroatoms. The number of hydrogen-bond donors (Lipinski definition) is 5. The molecule has 0 bridgehead atoms. The monoisotopic (exact) mass is 680 g/mol. The lowest BCUT2D eigenvalue weighted by Gasteiger charge is -2.33. The van der Waals surface area contributed by atoms with Crippen molar-refractivity contribution in [2.24, 2.45) is 5.73 Å². The first kappa shape index (κ1) is 38.8. The fourth-order valence-electron chi connectivity index (χ4n) is 5.62. The van der Waals surface area contributed by atoms with Gasteiger partial charge in [-0.15, -0.1) is 0 Å². The summed E-state index contributed by atoms with van der Waals surface area (Å²) in [5.41, 5.74) is 5.77. The number of carbonyl (C=O) groups excluding carboxylic acids is 4. The van der Waals surface area contributed by atoms with Gasteiger partial charge in [-0.05, 0) is 73.7 Å². The number of aliphatic hydroxyl groups excluding tert-OH is 2. The number of carbonyl (C=O) groups is 4. The van der Waals surface area contributed by atoms with Crippen molar-refractivity contribution in [3.8, 4) is 0 Å². The third kappa shape index (κ3) is 11.2. The van der Waals surface area contributed by atoms with Crippen molar-refractivity contribution < 1.29 is 38.2 Å². The number of nitrogens with one attached hydrogen (secondary N) is 2. The average molecular weight is 681 g/mol. The van der Waals surface area contributed by atoms with Crippen LogP contribution in [-0.4, -0.2) is 76.1 Å². The normalized spacial score (nSPS) is 13.5. The molecule has 6 N–H and O–H groups in total. The second kappa shape index (κ2) is 18.8. The van der Waals surface area contributed by atoms with Gasteiger partial charge < -0.3 is 31.5 Å². The summed E-state index contributed by atoms with van der Waals surface area (Å²) >= 11 is 0.